The summed E-state index contributed by atoms with van der Waals surface area (Å²) in [4.78, 5) is 0. The molecular weight excluding hydrogens is 224 g/mol. The van der Waals surface area contributed by atoms with Crippen molar-refractivity contribution in [3.8, 4) is 0 Å². The molecule has 1 heterocycles. The molecule has 1 N–H and O–H groups in total. The SMILES string of the molecule is CCCC(C)(CO)CC1CCC2(CCCCC2)O1. The Bertz CT molecular complexity index is 258. The molecule has 1 saturated carbocycles. The lowest BCUT2D eigenvalue weighted by atomic mass is 9.80. The maximum Gasteiger partial charge on any atom is 0.0687 e. The Balaban J connectivity index is 1.88. The number of aliphatic hydroxyl groups is 1. The molecule has 2 aliphatic rings. The van der Waals surface area contributed by atoms with E-state index in [-0.39, 0.29) is 11.0 Å². The van der Waals surface area contributed by atoms with E-state index in [4.69, 9.17) is 4.74 Å². The lowest BCUT2D eigenvalue weighted by Crippen LogP contribution is -2.33. The average molecular weight is 254 g/mol. The van der Waals surface area contributed by atoms with Crippen molar-refractivity contribution in [3.05, 3.63) is 0 Å². The molecule has 1 aliphatic carbocycles. The lowest BCUT2D eigenvalue weighted by molar-refractivity contribution is -0.0804. The Morgan fingerprint density at radius 2 is 1.94 bits per heavy atom. The van der Waals surface area contributed by atoms with Gasteiger partial charge < -0.3 is 9.84 Å². The first kappa shape index (κ1) is 14.3. The molecule has 0 radical (unpaired) electrons. The van der Waals surface area contributed by atoms with E-state index >= 15 is 0 Å². The Kier molecular flexibility index (Phi) is 4.71. The predicted molar refractivity (Wildman–Crippen MR) is 74.6 cm³/mol. The van der Waals surface area contributed by atoms with Crippen LogP contribution in [0.3, 0.4) is 0 Å². The van der Waals surface area contributed by atoms with Crippen molar-refractivity contribution < 1.29 is 9.84 Å². The highest BCUT2D eigenvalue weighted by Crippen LogP contribution is 2.45. The van der Waals surface area contributed by atoms with Crippen molar-refractivity contribution in [2.75, 3.05) is 6.61 Å². The van der Waals surface area contributed by atoms with Gasteiger partial charge in [0.1, 0.15) is 0 Å². The summed E-state index contributed by atoms with van der Waals surface area (Å²) in [6, 6.07) is 0. The fourth-order valence-electron chi connectivity index (χ4n) is 4.00. The van der Waals surface area contributed by atoms with E-state index in [1.807, 2.05) is 0 Å². The largest absolute Gasteiger partial charge is 0.396 e. The minimum absolute atomic E-state index is 0.0691. The topological polar surface area (TPSA) is 29.5 Å². The van der Waals surface area contributed by atoms with E-state index < -0.39 is 0 Å². The number of hydrogen-bond acceptors (Lipinski definition) is 2. The third kappa shape index (κ3) is 3.27. The highest BCUT2D eigenvalue weighted by atomic mass is 16.5. The van der Waals surface area contributed by atoms with Crippen molar-refractivity contribution in [3.63, 3.8) is 0 Å². The first-order chi connectivity index (χ1) is 8.61. The standard InChI is InChI=1S/C16H30O2/c1-3-8-15(2,13-17)12-14-7-11-16(18-14)9-5-4-6-10-16/h14,17H,3-13H2,1-2H3. The summed E-state index contributed by atoms with van der Waals surface area (Å²) in [5.41, 5.74) is 0.297. The van der Waals surface area contributed by atoms with Gasteiger partial charge in [0.2, 0.25) is 0 Å². The molecule has 0 aromatic rings. The van der Waals surface area contributed by atoms with Crippen LogP contribution in [0.5, 0.6) is 0 Å². The van der Waals surface area contributed by atoms with Crippen molar-refractivity contribution in [1.82, 2.24) is 0 Å². The Morgan fingerprint density at radius 1 is 1.22 bits per heavy atom. The van der Waals surface area contributed by atoms with Gasteiger partial charge in [-0.15, -0.1) is 0 Å². The van der Waals surface area contributed by atoms with Crippen LogP contribution in [0.25, 0.3) is 0 Å². The monoisotopic (exact) mass is 254 g/mol. The van der Waals surface area contributed by atoms with Gasteiger partial charge in [-0.25, -0.2) is 0 Å². The zero-order valence-corrected chi connectivity index (χ0v) is 12.2. The molecule has 106 valence electrons. The van der Waals surface area contributed by atoms with Crippen LogP contribution in [0.15, 0.2) is 0 Å². The number of rotatable bonds is 5. The van der Waals surface area contributed by atoms with Crippen LogP contribution in [0.4, 0.5) is 0 Å². The van der Waals surface area contributed by atoms with Gasteiger partial charge in [-0.2, -0.15) is 0 Å². The zero-order chi connectivity index (χ0) is 13.1. The van der Waals surface area contributed by atoms with Gasteiger partial charge in [-0.1, -0.05) is 39.5 Å². The van der Waals surface area contributed by atoms with Gasteiger partial charge in [0.25, 0.3) is 0 Å². The third-order valence-electron chi connectivity index (χ3n) is 5.06. The Hall–Kier alpha value is -0.0800. The predicted octanol–water partition coefficient (Wildman–Crippen LogP) is 4.06. The van der Waals surface area contributed by atoms with E-state index in [1.165, 1.54) is 44.9 Å². The molecule has 0 aromatic heterocycles. The fraction of sp³-hybridized carbons (Fsp3) is 1.00. The molecule has 1 spiro atoms. The minimum atomic E-state index is 0.0691. The van der Waals surface area contributed by atoms with E-state index in [0.29, 0.717) is 12.7 Å². The normalized spacial score (nSPS) is 30.5. The first-order valence-electron chi connectivity index (χ1n) is 7.90. The number of hydrogen-bond donors (Lipinski definition) is 1. The zero-order valence-electron chi connectivity index (χ0n) is 12.2. The summed E-state index contributed by atoms with van der Waals surface area (Å²) < 4.78 is 6.42. The molecule has 1 saturated heterocycles. The van der Waals surface area contributed by atoms with Crippen LogP contribution >= 0.6 is 0 Å². The molecule has 0 aromatic carbocycles. The van der Waals surface area contributed by atoms with Crippen LogP contribution in [0, 0.1) is 5.41 Å². The highest BCUT2D eigenvalue weighted by Gasteiger charge is 2.42. The molecule has 0 bridgehead atoms. The average Bonchev–Trinajstić information content (AvgIpc) is 2.73. The van der Waals surface area contributed by atoms with Crippen LogP contribution in [-0.4, -0.2) is 23.4 Å². The molecule has 2 rings (SSSR count). The molecule has 2 nitrogen and oxygen atoms in total. The van der Waals surface area contributed by atoms with Crippen molar-refractivity contribution >= 4 is 0 Å². The van der Waals surface area contributed by atoms with Crippen LogP contribution in [0.1, 0.15) is 78.1 Å². The summed E-state index contributed by atoms with van der Waals surface area (Å²) in [6.45, 7) is 4.71. The summed E-state index contributed by atoms with van der Waals surface area (Å²) in [5.74, 6) is 0. The Morgan fingerprint density at radius 3 is 2.56 bits per heavy atom. The third-order valence-corrected chi connectivity index (χ3v) is 5.06. The van der Waals surface area contributed by atoms with Gasteiger partial charge in [0.15, 0.2) is 0 Å². The molecule has 2 atom stereocenters. The molecule has 1 aliphatic heterocycles. The maximum absolute atomic E-state index is 9.62. The summed E-state index contributed by atoms with van der Waals surface area (Å²) >= 11 is 0. The smallest absolute Gasteiger partial charge is 0.0687 e. The van der Waals surface area contributed by atoms with Gasteiger partial charge in [-0.3, -0.25) is 0 Å². The van der Waals surface area contributed by atoms with Crippen LogP contribution < -0.4 is 0 Å². The van der Waals surface area contributed by atoms with Crippen molar-refractivity contribution in [2.45, 2.75) is 89.8 Å². The summed E-state index contributed by atoms with van der Waals surface area (Å²) in [5, 5.41) is 9.62. The van der Waals surface area contributed by atoms with Crippen LogP contribution in [0.2, 0.25) is 0 Å². The van der Waals surface area contributed by atoms with E-state index in [2.05, 4.69) is 13.8 Å². The van der Waals surface area contributed by atoms with Gasteiger partial charge in [-0.05, 0) is 43.9 Å². The molecule has 2 heteroatoms. The number of aliphatic hydroxyl groups excluding tert-OH is 1. The van der Waals surface area contributed by atoms with E-state index in [0.717, 1.165) is 19.3 Å². The second-order valence-corrected chi connectivity index (χ2v) is 6.95. The Labute approximate surface area is 112 Å². The highest BCUT2D eigenvalue weighted by molar-refractivity contribution is 4.93. The lowest BCUT2D eigenvalue weighted by Gasteiger charge is -2.35. The van der Waals surface area contributed by atoms with Crippen molar-refractivity contribution in [2.24, 2.45) is 5.41 Å². The molecule has 0 amide bonds. The summed E-state index contributed by atoms with van der Waals surface area (Å²) in [7, 11) is 0. The fourth-order valence-corrected chi connectivity index (χ4v) is 4.00. The molecule has 2 unspecified atom stereocenters. The molecule has 18 heavy (non-hydrogen) atoms. The second kappa shape index (κ2) is 5.92. The van der Waals surface area contributed by atoms with E-state index in [9.17, 15) is 5.11 Å². The van der Waals surface area contributed by atoms with Crippen LogP contribution in [-0.2, 0) is 4.74 Å². The second-order valence-electron chi connectivity index (χ2n) is 6.95. The molecular formula is C16H30O2. The quantitative estimate of drug-likeness (QED) is 0.802. The van der Waals surface area contributed by atoms with Gasteiger partial charge in [0, 0.05) is 6.61 Å². The van der Waals surface area contributed by atoms with Gasteiger partial charge >= 0.3 is 0 Å². The first-order valence-corrected chi connectivity index (χ1v) is 7.90. The summed E-state index contributed by atoms with van der Waals surface area (Å²) in [6.07, 6.45) is 12.8. The number of ether oxygens (including phenoxy) is 1. The minimum Gasteiger partial charge on any atom is -0.396 e. The van der Waals surface area contributed by atoms with E-state index in [1.54, 1.807) is 0 Å². The van der Waals surface area contributed by atoms with Crippen molar-refractivity contribution in [1.29, 1.82) is 0 Å². The van der Waals surface area contributed by atoms with Gasteiger partial charge in [0.05, 0.1) is 11.7 Å². The maximum atomic E-state index is 9.62. The molecule has 2 fully saturated rings.